The summed E-state index contributed by atoms with van der Waals surface area (Å²) in [4.78, 5) is 56.6. The summed E-state index contributed by atoms with van der Waals surface area (Å²) in [6.07, 6.45) is -2.15. The van der Waals surface area contributed by atoms with E-state index in [-0.39, 0.29) is 33.0 Å². The molecule has 2 amide bonds. The summed E-state index contributed by atoms with van der Waals surface area (Å²) >= 11 is 12.6. The number of nitrogens with one attached hydrogen (secondary N) is 3. The van der Waals surface area contributed by atoms with Crippen molar-refractivity contribution >= 4 is 58.5 Å². The number of benzene rings is 3. The van der Waals surface area contributed by atoms with Crippen molar-refractivity contribution in [1.29, 1.82) is 0 Å². The minimum Gasteiger partial charge on any atom is -0.495 e. The lowest BCUT2D eigenvalue weighted by atomic mass is 9.62. The molecule has 2 unspecified atom stereocenters. The van der Waals surface area contributed by atoms with Gasteiger partial charge in [-0.05, 0) is 59.4 Å². The van der Waals surface area contributed by atoms with E-state index in [1.165, 1.54) is 44.4 Å². The van der Waals surface area contributed by atoms with Gasteiger partial charge < -0.3 is 35.0 Å². The summed E-state index contributed by atoms with van der Waals surface area (Å²) in [7, 11) is 1.33. The van der Waals surface area contributed by atoms with Crippen LogP contribution in [0.15, 0.2) is 54.6 Å². The van der Waals surface area contributed by atoms with Crippen molar-refractivity contribution in [1.82, 2.24) is 5.32 Å². The Bertz CT molecular complexity index is 1820. The van der Waals surface area contributed by atoms with E-state index in [1.807, 2.05) is 20.8 Å². The third kappa shape index (κ3) is 6.89. The van der Waals surface area contributed by atoms with Gasteiger partial charge in [-0.15, -0.1) is 0 Å². The largest absolute Gasteiger partial charge is 0.530 e. The Morgan fingerprint density at radius 2 is 1.82 bits per heavy atom. The number of nitrogens with two attached hydrogens (primary N) is 1. The molecule has 5 N–H and O–H groups in total. The fraction of sp³-hybridized carbons (Fsp3) is 0.353. The number of rotatable bonds is 8. The summed E-state index contributed by atoms with van der Waals surface area (Å²) in [5, 5.41) is 9.40. The van der Waals surface area contributed by atoms with Crippen LogP contribution in [0.5, 0.6) is 5.75 Å². The van der Waals surface area contributed by atoms with Gasteiger partial charge in [-0.3, -0.25) is 9.59 Å². The van der Waals surface area contributed by atoms with Gasteiger partial charge in [0.25, 0.3) is 0 Å². The summed E-state index contributed by atoms with van der Waals surface area (Å²) in [5.41, 5.74) is -0.487. The van der Waals surface area contributed by atoms with Crippen molar-refractivity contribution in [2.24, 2.45) is 11.3 Å². The van der Waals surface area contributed by atoms with Crippen LogP contribution in [0.1, 0.15) is 61.5 Å². The fourth-order valence-electron chi connectivity index (χ4n) is 6.69. The molecule has 5 rings (SSSR count). The molecule has 0 saturated carbocycles. The first-order chi connectivity index (χ1) is 23.1. The van der Waals surface area contributed by atoms with E-state index in [9.17, 15) is 19.2 Å². The van der Waals surface area contributed by atoms with Crippen LogP contribution >= 0.6 is 23.2 Å². The highest BCUT2D eigenvalue weighted by molar-refractivity contribution is 6.31. The van der Waals surface area contributed by atoms with Crippen molar-refractivity contribution in [3.05, 3.63) is 87.2 Å². The van der Waals surface area contributed by atoms with Gasteiger partial charge in [-0.25, -0.2) is 14.0 Å². The molecule has 3 aromatic rings. The van der Waals surface area contributed by atoms with Crippen LogP contribution < -0.4 is 26.6 Å². The monoisotopic (exact) mass is 716 g/mol. The molecule has 5 atom stereocenters. The predicted molar refractivity (Wildman–Crippen MR) is 179 cm³/mol. The van der Waals surface area contributed by atoms with E-state index < -0.39 is 59.5 Å². The zero-order valence-corrected chi connectivity index (χ0v) is 28.7. The van der Waals surface area contributed by atoms with Crippen LogP contribution in [-0.4, -0.2) is 49.4 Å². The smallest absolute Gasteiger partial charge is 0.495 e. The molecule has 2 aliphatic heterocycles. The van der Waals surface area contributed by atoms with Crippen molar-refractivity contribution in [3.8, 4) is 5.75 Å². The first-order valence-electron chi connectivity index (χ1n) is 15.2. The van der Waals surface area contributed by atoms with Gasteiger partial charge in [0.05, 0.1) is 29.4 Å². The Balaban J connectivity index is 1.56. The summed E-state index contributed by atoms with van der Waals surface area (Å²) in [6.45, 7) is 7.31. The van der Waals surface area contributed by atoms with E-state index in [0.717, 1.165) is 0 Å². The van der Waals surface area contributed by atoms with Crippen LogP contribution in [0.25, 0.3) is 0 Å². The van der Waals surface area contributed by atoms with Gasteiger partial charge in [-0.1, -0.05) is 62.2 Å². The lowest BCUT2D eigenvalue weighted by molar-refractivity contribution is -0.122. The van der Waals surface area contributed by atoms with Crippen LogP contribution in [0, 0.1) is 11.2 Å². The van der Waals surface area contributed by atoms with Gasteiger partial charge in [-0.2, -0.15) is 5.90 Å². The zero-order chi connectivity index (χ0) is 35.8. The summed E-state index contributed by atoms with van der Waals surface area (Å²) < 4.78 is 31.3. The van der Waals surface area contributed by atoms with Crippen LogP contribution in [0.3, 0.4) is 0 Å². The van der Waals surface area contributed by atoms with Gasteiger partial charge in [0, 0.05) is 29.6 Å². The van der Waals surface area contributed by atoms with E-state index in [0.29, 0.717) is 22.7 Å². The second kappa shape index (κ2) is 13.8. The maximum atomic E-state index is 16.1. The van der Waals surface area contributed by atoms with E-state index in [1.54, 1.807) is 24.3 Å². The lowest BCUT2D eigenvalue weighted by Gasteiger charge is -2.37. The molecule has 1 spiro atoms. The lowest BCUT2D eigenvalue weighted by Crippen LogP contribution is -2.49. The molecule has 2 heterocycles. The van der Waals surface area contributed by atoms with E-state index in [2.05, 4.69) is 25.5 Å². The molecule has 0 radical (unpaired) electrons. The Morgan fingerprint density at radius 3 is 2.49 bits per heavy atom. The van der Waals surface area contributed by atoms with Crippen LogP contribution in [0.2, 0.25) is 10.0 Å². The second-order valence-corrected chi connectivity index (χ2v) is 13.8. The van der Waals surface area contributed by atoms with Gasteiger partial charge in [0.1, 0.15) is 17.0 Å². The molecule has 260 valence electrons. The summed E-state index contributed by atoms with van der Waals surface area (Å²) in [6, 6.07) is 11.8. The Kier molecular flexibility index (Phi) is 10.1. The number of fused-ring (bicyclic) bond motifs is 2. The summed E-state index contributed by atoms with van der Waals surface area (Å²) in [5.74, 6) is 1.10. The number of hydrogen-bond donors (Lipinski definition) is 4. The topological polar surface area (TPSA) is 167 Å². The van der Waals surface area contributed by atoms with Crippen molar-refractivity contribution in [3.63, 3.8) is 0 Å². The Morgan fingerprint density at radius 1 is 1.08 bits per heavy atom. The first kappa shape index (κ1) is 35.9. The number of carbonyl (C=O) groups excluding carboxylic acids is 4. The Labute approximate surface area is 291 Å². The molecule has 0 bridgehead atoms. The molecule has 1 fully saturated rings. The third-order valence-electron chi connectivity index (χ3n) is 8.55. The predicted octanol–water partition coefficient (Wildman–Crippen LogP) is 6.06. The molecule has 15 heteroatoms. The first-order valence-corrected chi connectivity index (χ1v) is 15.9. The molecule has 2 aliphatic rings. The normalized spacial score (nSPS) is 21.8. The van der Waals surface area contributed by atoms with Crippen molar-refractivity contribution < 1.29 is 42.6 Å². The highest BCUT2D eigenvalue weighted by Gasteiger charge is 2.66. The SMILES string of the molecule is COc1cc(C(=O)OC(C)OC(=O)ON)ccc1NC(=O)[C@@H]1N[C@@H](CC(C)(C)C)C2(C(=O)Nc3cc(Cl)ccc32)[C@H]1c1cccc(Cl)c1F. The minimum atomic E-state index is -1.45. The third-order valence-corrected chi connectivity index (χ3v) is 9.07. The van der Waals surface area contributed by atoms with Gasteiger partial charge in [0.15, 0.2) is 0 Å². The number of esters is 1. The number of amides is 2. The molecule has 0 aromatic heterocycles. The molecule has 12 nitrogen and oxygen atoms in total. The molecule has 3 aromatic carbocycles. The number of ether oxygens (including phenoxy) is 3. The minimum absolute atomic E-state index is 0.00590. The molecule has 49 heavy (non-hydrogen) atoms. The number of halogens is 3. The molecular weight excluding hydrogens is 682 g/mol. The number of carbonyl (C=O) groups is 4. The highest BCUT2D eigenvalue weighted by Crippen LogP contribution is 2.57. The highest BCUT2D eigenvalue weighted by atomic mass is 35.5. The molecular formula is C34H35Cl2FN4O8. The van der Waals surface area contributed by atoms with Crippen molar-refractivity contribution in [2.45, 2.75) is 63.8 Å². The zero-order valence-electron chi connectivity index (χ0n) is 27.2. The fourth-order valence-corrected chi connectivity index (χ4v) is 7.04. The van der Waals surface area contributed by atoms with E-state index >= 15 is 4.39 Å². The van der Waals surface area contributed by atoms with Crippen LogP contribution in [-0.2, 0) is 29.3 Å². The van der Waals surface area contributed by atoms with Crippen molar-refractivity contribution in [2.75, 3.05) is 17.7 Å². The maximum absolute atomic E-state index is 16.1. The number of anilines is 2. The average Bonchev–Trinajstić information content (AvgIpc) is 3.51. The van der Waals surface area contributed by atoms with E-state index in [4.69, 9.17) is 38.6 Å². The maximum Gasteiger partial charge on any atom is 0.530 e. The Hall–Kier alpha value is -4.43. The quantitative estimate of drug-likeness (QED) is 0.122. The van der Waals surface area contributed by atoms with Gasteiger partial charge in [0.2, 0.25) is 18.1 Å². The number of hydrogen-bond acceptors (Lipinski definition) is 10. The van der Waals surface area contributed by atoms with Crippen LogP contribution in [0.4, 0.5) is 20.6 Å². The average molecular weight is 718 g/mol. The van der Waals surface area contributed by atoms with Gasteiger partial charge >= 0.3 is 12.1 Å². The molecule has 1 saturated heterocycles. The number of methoxy groups -OCH3 is 1. The second-order valence-electron chi connectivity index (χ2n) is 13.0. The molecule has 0 aliphatic carbocycles. The standard InChI is InChI=1S/C34H35Cl2FN4O8/c1-16(48-32(45)49-38)47-30(43)17-9-12-22(24(13-17)46-5)39-29(42)28-26(19-7-6-8-21(36)27(19)37)34(25(41-28)15-33(2,3)4)20-11-10-18(35)14-23(20)40-31(34)44/h6-14,16,25-26,28,41H,15,38H2,1-5H3,(H,39,42)(H,40,44)/t16?,25-,26-,28+,34?/m0/s1.